The molecule has 1 atom stereocenters. The fourth-order valence-corrected chi connectivity index (χ4v) is 2.01. The van der Waals surface area contributed by atoms with Crippen molar-refractivity contribution in [2.45, 2.75) is 20.0 Å². The number of hydrogen-bond donors (Lipinski definition) is 2. The number of aliphatic hydroxyl groups is 1. The lowest BCUT2D eigenvalue weighted by Crippen LogP contribution is -2.42. The lowest BCUT2D eigenvalue weighted by molar-refractivity contribution is -0.121. The van der Waals surface area contributed by atoms with Gasteiger partial charge in [-0.2, -0.15) is 0 Å². The predicted molar refractivity (Wildman–Crippen MR) is 71.2 cm³/mol. The van der Waals surface area contributed by atoms with Crippen LogP contribution in [0, 0.1) is 6.92 Å². The predicted octanol–water partition coefficient (Wildman–Crippen LogP) is 0.0880. The Morgan fingerprint density at radius 3 is 2.60 bits per heavy atom. The van der Waals surface area contributed by atoms with Crippen LogP contribution < -0.4 is 5.32 Å². The first-order valence-corrected chi connectivity index (χ1v) is 6.31. The van der Waals surface area contributed by atoms with Crippen LogP contribution >= 0.6 is 0 Å². The third-order valence-corrected chi connectivity index (χ3v) is 3.02. The van der Waals surface area contributed by atoms with E-state index in [4.69, 9.17) is 5.11 Å². The Morgan fingerprint density at radius 2 is 1.95 bits per heavy atom. The quantitative estimate of drug-likeness (QED) is 0.763. The molecule has 106 valence electrons. The van der Waals surface area contributed by atoms with Crippen molar-refractivity contribution in [2.24, 2.45) is 0 Å². The lowest BCUT2D eigenvalue weighted by Gasteiger charge is -2.14. The number of nitrogens with zero attached hydrogens (tertiary/aromatic N) is 1. The minimum Gasteiger partial charge on any atom is -0.392 e. The van der Waals surface area contributed by atoms with Crippen LogP contribution in [0.5, 0.6) is 0 Å². The van der Waals surface area contributed by atoms with Crippen molar-refractivity contribution in [3.63, 3.8) is 0 Å². The fraction of sp³-hybridized carbons (Fsp3) is 0.357. The van der Waals surface area contributed by atoms with Crippen LogP contribution in [0.15, 0.2) is 18.2 Å². The zero-order valence-corrected chi connectivity index (χ0v) is 11.3. The molecule has 6 heteroatoms. The first-order chi connectivity index (χ1) is 9.40. The van der Waals surface area contributed by atoms with Gasteiger partial charge < -0.3 is 10.4 Å². The standard InChI is InChI=1S/C14H16N2O4/c1-8-3-4-10-11(5-8)14(20)16(13(10)19)7-12(18)15-6-9(2)17/h3-5,9,17H,6-7H2,1-2H3,(H,15,18). The molecule has 0 fully saturated rings. The summed E-state index contributed by atoms with van der Waals surface area (Å²) in [6, 6.07) is 4.99. The largest absolute Gasteiger partial charge is 0.392 e. The van der Waals surface area contributed by atoms with E-state index in [9.17, 15) is 14.4 Å². The summed E-state index contributed by atoms with van der Waals surface area (Å²) in [5, 5.41) is 11.5. The highest BCUT2D eigenvalue weighted by Crippen LogP contribution is 2.23. The third-order valence-electron chi connectivity index (χ3n) is 3.02. The average Bonchev–Trinajstić information content (AvgIpc) is 2.61. The van der Waals surface area contributed by atoms with Crippen molar-refractivity contribution in [1.29, 1.82) is 0 Å². The smallest absolute Gasteiger partial charge is 0.262 e. The van der Waals surface area contributed by atoms with Crippen molar-refractivity contribution < 1.29 is 19.5 Å². The van der Waals surface area contributed by atoms with Crippen molar-refractivity contribution in [3.8, 4) is 0 Å². The molecule has 0 bridgehead atoms. The van der Waals surface area contributed by atoms with Crippen LogP contribution in [-0.2, 0) is 4.79 Å². The number of hydrogen-bond acceptors (Lipinski definition) is 4. The molecule has 3 amide bonds. The number of rotatable bonds is 4. The van der Waals surface area contributed by atoms with Gasteiger partial charge in [-0.3, -0.25) is 19.3 Å². The molecule has 2 rings (SSSR count). The van der Waals surface area contributed by atoms with E-state index in [1.807, 2.05) is 6.92 Å². The Hall–Kier alpha value is -2.21. The fourth-order valence-electron chi connectivity index (χ4n) is 2.01. The minimum atomic E-state index is -0.677. The van der Waals surface area contributed by atoms with Gasteiger partial charge in [0.05, 0.1) is 17.2 Å². The van der Waals surface area contributed by atoms with Gasteiger partial charge in [-0.1, -0.05) is 11.6 Å². The van der Waals surface area contributed by atoms with Gasteiger partial charge in [-0.25, -0.2) is 0 Å². The maximum atomic E-state index is 12.1. The molecule has 6 nitrogen and oxygen atoms in total. The monoisotopic (exact) mass is 276 g/mol. The molecule has 0 aromatic heterocycles. The lowest BCUT2D eigenvalue weighted by atomic mass is 10.1. The molecule has 0 aliphatic carbocycles. The molecular weight excluding hydrogens is 260 g/mol. The number of imide groups is 1. The highest BCUT2D eigenvalue weighted by atomic mass is 16.3. The SMILES string of the molecule is Cc1ccc2c(c1)C(=O)N(CC(=O)NCC(C)O)C2=O. The topological polar surface area (TPSA) is 86.7 Å². The van der Waals surface area contributed by atoms with Gasteiger partial charge in [0.25, 0.3) is 11.8 Å². The van der Waals surface area contributed by atoms with Gasteiger partial charge >= 0.3 is 0 Å². The summed E-state index contributed by atoms with van der Waals surface area (Å²) in [6.45, 7) is 3.11. The number of amides is 3. The molecule has 0 spiro atoms. The van der Waals surface area contributed by atoms with Crippen molar-refractivity contribution >= 4 is 17.7 Å². The highest BCUT2D eigenvalue weighted by molar-refractivity contribution is 6.22. The van der Waals surface area contributed by atoms with E-state index in [-0.39, 0.29) is 13.1 Å². The number of aliphatic hydroxyl groups excluding tert-OH is 1. The second-order valence-electron chi connectivity index (χ2n) is 4.90. The van der Waals surface area contributed by atoms with Gasteiger partial charge in [0.15, 0.2) is 0 Å². The average molecular weight is 276 g/mol. The van der Waals surface area contributed by atoms with Crippen LogP contribution in [0.25, 0.3) is 0 Å². The normalized spacial score (nSPS) is 15.2. The molecule has 1 aliphatic heterocycles. The Bertz CT molecular complexity index is 581. The molecule has 1 aliphatic rings. The summed E-state index contributed by atoms with van der Waals surface area (Å²) in [6.07, 6.45) is -0.677. The number of carbonyl (C=O) groups excluding carboxylic acids is 3. The third kappa shape index (κ3) is 2.70. The summed E-state index contributed by atoms with van der Waals surface area (Å²) in [4.78, 5) is 36.7. The molecule has 1 aromatic carbocycles. The van der Waals surface area contributed by atoms with E-state index in [1.165, 1.54) is 6.92 Å². The van der Waals surface area contributed by atoms with E-state index in [1.54, 1.807) is 18.2 Å². The number of nitrogens with one attached hydrogen (secondary N) is 1. The molecule has 0 saturated carbocycles. The van der Waals surface area contributed by atoms with Crippen LogP contribution in [0.2, 0.25) is 0 Å². The first-order valence-electron chi connectivity index (χ1n) is 6.31. The maximum absolute atomic E-state index is 12.1. The molecule has 0 saturated heterocycles. The minimum absolute atomic E-state index is 0.0844. The van der Waals surface area contributed by atoms with Crippen LogP contribution in [0.1, 0.15) is 33.2 Å². The first kappa shape index (κ1) is 14.2. The van der Waals surface area contributed by atoms with Crippen LogP contribution in [0.4, 0.5) is 0 Å². The van der Waals surface area contributed by atoms with E-state index < -0.39 is 23.8 Å². The van der Waals surface area contributed by atoms with Crippen molar-refractivity contribution in [3.05, 3.63) is 34.9 Å². The molecule has 1 heterocycles. The Kier molecular flexibility index (Phi) is 3.85. The zero-order chi connectivity index (χ0) is 14.9. The van der Waals surface area contributed by atoms with Crippen molar-refractivity contribution in [1.82, 2.24) is 10.2 Å². The zero-order valence-electron chi connectivity index (χ0n) is 11.3. The molecule has 2 N–H and O–H groups in total. The summed E-state index contributed by atoms with van der Waals surface area (Å²) in [5.74, 6) is -1.39. The number of aryl methyl sites for hydroxylation is 1. The Balaban J connectivity index is 2.11. The maximum Gasteiger partial charge on any atom is 0.262 e. The van der Waals surface area contributed by atoms with Crippen LogP contribution in [0.3, 0.4) is 0 Å². The van der Waals surface area contributed by atoms with E-state index >= 15 is 0 Å². The Labute approximate surface area is 116 Å². The molecule has 1 unspecified atom stereocenters. The summed E-state index contributed by atoms with van der Waals surface area (Å²) < 4.78 is 0. The molecule has 20 heavy (non-hydrogen) atoms. The molecule has 1 aromatic rings. The van der Waals surface area contributed by atoms with E-state index in [0.29, 0.717) is 11.1 Å². The van der Waals surface area contributed by atoms with Crippen molar-refractivity contribution in [2.75, 3.05) is 13.1 Å². The van der Waals surface area contributed by atoms with Gasteiger partial charge in [-0.05, 0) is 26.0 Å². The van der Waals surface area contributed by atoms with Gasteiger partial charge in [0.1, 0.15) is 6.54 Å². The molecule has 0 radical (unpaired) electrons. The molecular formula is C14H16N2O4. The van der Waals surface area contributed by atoms with Gasteiger partial charge in [0.2, 0.25) is 5.91 Å². The van der Waals surface area contributed by atoms with Gasteiger partial charge in [0, 0.05) is 6.54 Å². The van der Waals surface area contributed by atoms with Crippen LogP contribution in [-0.4, -0.2) is 46.9 Å². The Morgan fingerprint density at radius 1 is 1.30 bits per heavy atom. The van der Waals surface area contributed by atoms with E-state index in [0.717, 1.165) is 10.5 Å². The van der Waals surface area contributed by atoms with E-state index in [2.05, 4.69) is 5.32 Å². The second-order valence-corrected chi connectivity index (χ2v) is 4.90. The highest BCUT2D eigenvalue weighted by Gasteiger charge is 2.36. The summed E-state index contributed by atoms with van der Waals surface area (Å²) in [7, 11) is 0. The summed E-state index contributed by atoms with van der Waals surface area (Å²) in [5.41, 5.74) is 1.53. The number of carbonyl (C=O) groups is 3. The number of benzene rings is 1. The number of fused-ring (bicyclic) bond motifs is 1. The van der Waals surface area contributed by atoms with Gasteiger partial charge in [-0.15, -0.1) is 0 Å². The summed E-state index contributed by atoms with van der Waals surface area (Å²) >= 11 is 0. The second kappa shape index (κ2) is 5.42.